The molecule has 6 nitrogen and oxygen atoms in total. The molecular weight excluding hydrogens is 328 g/mol. The molecule has 0 bridgehead atoms. The lowest BCUT2D eigenvalue weighted by molar-refractivity contribution is -0.137. The number of ether oxygens (including phenoxy) is 1. The lowest BCUT2D eigenvalue weighted by Crippen LogP contribution is -1.95. The van der Waals surface area contributed by atoms with Crippen LogP contribution in [0.4, 0.5) is 0 Å². The number of carboxylic acid groups (broad SMARTS) is 1. The lowest BCUT2D eigenvalue weighted by Gasteiger charge is -2.03. The van der Waals surface area contributed by atoms with Gasteiger partial charge in [-0.25, -0.2) is 0 Å². The molecule has 0 fully saturated rings. The summed E-state index contributed by atoms with van der Waals surface area (Å²) in [7, 11) is 1.58. The van der Waals surface area contributed by atoms with Crippen LogP contribution in [0, 0.1) is 0 Å². The first-order chi connectivity index (χ1) is 9.60. The van der Waals surface area contributed by atoms with E-state index in [1.165, 1.54) is 0 Å². The fourth-order valence-electron chi connectivity index (χ4n) is 1.65. The smallest absolute Gasteiger partial charge is 0.303 e. The summed E-state index contributed by atoms with van der Waals surface area (Å²) in [5.74, 6) is 0.658. The molecule has 1 N–H and O–H groups in total. The predicted octanol–water partition coefficient (Wildman–Crippen LogP) is 2.92. The summed E-state index contributed by atoms with van der Waals surface area (Å²) in [4.78, 5) is 10.4. The van der Waals surface area contributed by atoms with E-state index in [1.54, 1.807) is 13.2 Å². The summed E-state index contributed by atoms with van der Waals surface area (Å²) in [6.45, 7) is 0. The largest absolute Gasteiger partial charge is 0.497 e. The van der Waals surface area contributed by atoms with E-state index in [0.717, 1.165) is 10.0 Å². The molecule has 0 aliphatic rings. The van der Waals surface area contributed by atoms with Crippen LogP contribution in [-0.4, -0.2) is 28.4 Å². The molecule has 0 atom stereocenters. The lowest BCUT2D eigenvalue weighted by atomic mass is 10.2. The Morgan fingerprint density at radius 3 is 2.95 bits per heavy atom. The van der Waals surface area contributed by atoms with E-state index in [2.05, 4.69) is 26.1 Å². The zero-order chi connectivity index (χ0) is 14.5. The molecule has 1 heterocycles. The molecule has 7 heteroatoms. The van der Waals surface area contributed by atoms with Gasteiger partial charge in [0.05, 0.1) is 12.7 Å². The van der Waals surface area contributed by atoms with Crippen LogP contribution in [0.3, 0.4) is 0 Å². The van der Waals surface area contributed by atoms with Crippen molar-refractivity contribution in [3.8, 4) is 17.2 Å². The molecule has 0 amide bonds. The number of rotatable bonds is 6. The van der Waals surface area contributed by atoms with E-state index in [4.69, 9.17) is 14.3 Å². The molecule has 20 heavy (non-hydrogen) atoms. The summed E-state index contributed by atoms with van der Waals surface area (Å²) >= 11 is 3.42. The van der Waals surface area contributed by atoms with E-state index < -0.39 is 5.97 Å². The van der Waals surface area contributed by atoms with Gasteiger partial charge in [0.25, 0.3) is 0 Å². The number of hydrogen-bond donors (Lipinski definition) is 1. The van der Waals surface area contributed by atoms with Crippen LogP contribution < -0.4 is 4.74 Å². The fourth-order valence-corrected chi connectivity index (χ4v) is 2.07. The molecule has 0 aliphatic heterocycles. The van der Waals surface area contributed by atoms with Crippen molar-refractivity contribution < 1.29 is 19.1 Å². The molecule has 0 unspecified atom stereocenters. The molecule has 2 rings (SSSR count). The van der Waals surface area contributed by atoms with Crippen LogP contribution in [0.5, 0.6) is 5.75 Å². The van der Waals surface area contributed by atoms with E-state index in [0.29, 0.717) is 30.4 Å². The molecule has 0 radical (unpaired) electrons. The monoisotopic (exact) mass is 340 g/mol. The van der Waals surface area contributed by atoms with Gasteiger partial charge < -0.3 is 14.3 Å². The molecule has 1 aromatic carbocycles. The highest BCUT2D eigenvalue weighted by Gasteiger charge is 2.13. The average Bonchev–Trinajstić information content (AvgIpc) is 2.87. The molecule has 0 saturated carbocycles. The molecule has 0 aliphatic carbocycles. The highest BCUT2D eigenvalue weighted by atomic mass is 79.9. The molecule has 0 spiro atoms. The number of nitrogens with zero attached hydrogens (tertiary/aromatic N) is 2. The molecule has 106 valence electrons. The highest BCUT2D eigenvalue weighted by Crippen LogP contribution is 2.30. The van der Waals surface area contributed by atoms with Crippen molar-refractivity contribution in [2.45, 2.75) is 19.3 Å². The Morgan fingerprint density at radius 2 is 2.25 bits per heavy atom. The van der Waals surface area contributed by atoms with Gasteiger partial charge in [0.2, 0.25) is 11.8 Å². The van der Waals surface area contributed by atoms with Crippen LogP contribution in [0.25, 0.3) is 11.5 Å². The first kappa shape index (κ1) is 14.5. The van der Waals surface area contributed by atoms with Gasteiger partial charge in [0, 0.05) is 17.3 Å². The Bertz CT molecular complexity index is 612. The number of halogens is 1. The quantitative estimate of drug-likeness (QED) is 0.870. The van der Waals surface area contributed by atoms with E-state index in [9.17, 15) is 4.79 Å². The summed E-state index contributed by atoms with van der Waals surface area (Å²) in [6.07, 6.45) is 0.998. The van der Waals surface area contributed by atoms with Gasteiger partial charge in [-0.15, -0.1) is 10.2 Å². The van der Waals surface area contributed by atoms with Gasteiger partial charge >= 0.3 is 5.97 Å². The number of methoxy groups -OCH3 is 1. The van der Waals surface area contributed by atoms with Gasteiger partial charge in [0.1, 0.15) is 5.75 Å². The third-order valence-electron chi connectivity index (χ3n) is 2.65. The van der Waals surface area contributed by atoms with Crippen molar-refractivity contribution in [3.63, 3.8) is 0 Å². The van der Waals surface area contributed by atoms with Crippen molar-refractivity contribution in [1.82, 2.24) is 10.2 Å². The average molecular weight is 341 g/mol. The maximum absolute atomic E-state index is 10.4. The van der Waals surface area contributed by atoms with Gasteiger partial charge in [-0.1, -0.05) is 0 Å². The van der Waals surface area contributed by atoms with Gasteiger partial charge in [0.15, 0.2) is 0 Å². The zero-order valence-corrected chi connectivity index (χ0v) is 12.4. The van der Waals surface area contributed by atoms with Gasteiger partial charge in [-0.3, -0.25) is 4.79 Å². The summed E-state index contributed by atoms with van der Waals surface area (Å²) < 4.78 is 11.5. The fraction of sp³-hybridized carbons (Fsp3) is 0.308. The topological polar surface area (TPSA) is 85.5 Å². The van der Waals surface area contributed by atoms with Crippen molar-refractivity contribution in [1.29, 1.82) is 0 Å². The Labute approximate surface area is 123 Å². The summed E-state index contributed by atoms with van der Waals surface area (Å²) in [6, 6.07) is 5.44. The van der Waals surface area contributed by atoms with E-state index in [1.807, 2.05) is 12.1 Å². The minimum Gasteiger partial charge on any atom is -0.497 e. The second kappa shape index (κ2) is 6.51. The third kappa shape index (κ3) is 3.57. The van der Waals surface area contributed by atoms with Crippen LogP contribution in [0.15, 0.2) is 27.1 Å². The molecule has 0 saturated heterocycles. The van der Waals surface area contributed by atoms with Crippen LogP contribution >= 0.6 is 15.9 Å². The SMILES string of the molecule is COc1ccc(Br)c(-c2nnc(CCCC(=O)O)o2)c1. The molecule has 2 aromatic rings. The Morgan fingerprint density at radius 1 is 1.45 bits per heavy atom. The van der Waals surface area contributed by atoms with E-state index in [-0.39, 0.29) is 6.42 Å². The standard InChI is InChI=1S/C13H13BrN2O4/c1-19-8-5-6-10(14)9(7-8)13-16-15-11(20-13)3-2-4-12(17)18/h5-7H,2-4H2,1H3,(H,17,18). The number of benzene rings is 1. The molecule has 1 aromatic heterocycles. The molecular formula is C13H13BrN2O4. The van der Waals surface area contributed by atoms with Crippen LogP contribution in [0.1, 0.15) is 18.7 Å². The van der Waals surface area contributed by atoms with Crippen molar-refractivity contribution >= 4 is 21.9 Å². The number of carbonyl (C=O) groups is 1. The normalized spacial score (nSPS) is 10.5. The minimum absolute atomic E-state index is 0.0839. The minimum atomic E-state index is -0.833. The number of aliphatic carboxylic acids is 1. The number of hydrogen-bond acceptors (Lipinski definition) is 5. The Kier molecular flexibility index (Phi) is 4.73. The van der Waals surface area contributed by atoms with Crippen LogP contribution in [-0.2, 0) is 11.2 Å². The zero-order valence-electron chi connectivity index (χ0n) is 10.8. The number of aromatic nitrogens is 2. The van der Waals surface area contributed by atoms with Crippen LogP contribution in [0.2, 0.25) is 0 Å². The summed E-state index contributed by atoms with van der Waals surface area (Å²) in [5, 5.41) is 16.5. The van der Waals surface area contributed by atoms with E-state index >= 15 is 0 Å². The maximum Gasteiger partial charge on any atom is 0.303 e. The maximum atomic E-state index is 10.4. The second-order valence-corrected chi connectivity index (χ2v) is 4.95. The van der Waals surface area contributed by atoms with Gasteiger partial charge in [-0.05, 0) is 40.5 Å². The predicted molar refractivity (Wildman–Crippen MR) is 74.6 cm³/mol. The number of aryl methyl sites for hydroxylation is 1. The number of carboxylic acids is 1. The van der Waals surface area contributed by atoms with Crippen molar-refractivity contribution in [2.75, 3.05) is 7.11 Å². The Balaban J connectivity index is 2.14. The highest BCUT2D eigenvalue weighted by molar-refractivity contribution is 9.10. The third-order valence-corrected chi connectivity index (χ3v) is 3.34. The second-order valence-electron chi connectivity index (χ2n) is 4.09. The van der Waals surface area contributed by atoms with Crippen molar-refractivity contribution in [3.05, 3.63) is 28.6 Å². The first-order valence-corrected chi connectivity index (χ1v) is 6.77. The van der Waals surface area contributed by atoms with Gasteiger partial charge in [-0.2, -0.15) is 0 Å². The first-order valence-electron chi connectivity index (χ1n) is 5.98. The van der Waals surface area contributed by atoms with Crippen molar-refractivity contribution in [2.24, 2.45) is 0 Å². The Hall–Kier alpha value is -1.89. The summed E-state index contributed by atoms with van der Waals surface area (Å²) in [5.41, 5.74) is 0.737.